The minimum Gasteiger partial charge on any atom is -0.493 e. The Kier molecular flexibility index (Phi) is 6.53. The van der Waals surface area contributed by atoms with Crippen molar-refractivity contribution in [2.75, 3.05) is 13.7 Å². The van der Waals surface area contributed by atoms with Gasteiger partial charge in [-0.05, 0) is 48.9 Å². The third-order valence-corrected chi connectivity index (χ3v) is 3.53. The van der Waals surface area contributed by atoms with E-state index in [0.29, 0.717) is 23.1 Å². The van der Waals surface area contributed by atoms with Crippen molar-refractivity contribution in [3.8, 4) is 17.2 Å². The van der Waals surface area contributed by atoms with Crippen LogP contribution in [0.5, 0.6) is 17.2 Å². The van der Waals surface area contributed by atoms with Crippen LogP contribution in [0.4, 0.5) is 0 Å². The largest absolute Gasteiger partial charge is 0.493 e. The second kappa shape index (κ2) is 8.62. The lowest BCUT2D eigenvalue weighted by Gasteiger charge is -2.09. The van der Waals surface area contributed by atoms with E-state index in [1.165, 1.54) is 18.2 Å². The maximum atomic E-state index is 11.9. The average molecular weight is 367 g/mol. The van der Waals surface area contributed by atoms with Crippen molar-refractivity contribution in [2.24, 2.45) is 0 Å². The summed E-state index contributed by atoms with van der Waals surface area (Å²) < 4.78 is 15.9. The van der Waals surface area contributed by atoms with Gasteiger partial charge in [0.15, 0.2) is 11.5 Å². The first-order valence-electron chi connectivity index (χ1n) is 7.19. The number of methoxy groups -OCH3 is 1. The number of hydrogen-bond donors (Lipinski definition) is 0. The molecule has 0 saturated carbocycles. The summed E-state index contributed by atoms with van der Waals surface area (Å²) in [5, 5.41) is 0.740. The normalized spacial score (nSPS) is 10.7. The fraction of sp³-hybridized carbons (Fsp3) is 0.167. The van der Waals surface area contributed by atoms with Crippen molar-refractivity contribution in [1.82, 2.24) is 0 Å². The molecule has 0 amide bonds. The van der Waals surface area contributed by atoms with Crippen molar-refractivity contribution in [3.63, 3.8) is 0 Å². The number of carbonyl (C=O) groups is 1. The summed E-state index contributed by atoms with van der Waals surface area (Å²) in [6.07, 6.45) is 2.92. The van der Waals surface area contributed by atoms with Gasteiger partial charge in [-0.15, -0.1) is 0 Å². The number of esters is 1. The molecule has 6 heteroatoms. The van der Waals surface area contributed by atoms with Crippen LogP contribution in [-0.4, -0.2) is 19.7 Å². The van der Waals surface area contributed by atoms with E-state index < -0.39 is 5.97 Å². The molecular formula is C18H16Cl2O4. The quantitative estimate of drug-likeness (QED) is 0.409. The smallest absolute Gasteiger partial charge is 0.336 e. The predicted octanol–water partition coefficient (Wildman–Crippen LogP) is 5.02. The maximum Gasteiger partial charge on any atom is 0.336 e. The summed E-state index contributed by atoms with van der Waals surface area (Å²) in [4.78, 5) is 11.9. The van der Waals surface area contributed by atoms with Crippen molar-refractivity contribution < 1.29 is 19.0 Å². The Morgan fingerprint density at radius 2 is 1.83 bits per heavy atom. The molecule has 0 bridgehead atoms. The van der Waals surface area contributed by atoms with E-state index >= 15 is 0 Å². The number of benzene rings is 2. The minimum absolute atomic E-state index is 0.250. The Bertz CT molecular complexity index is 757. The third-order valence-electron chi connectivity index (χ3n) is 3.00. The summed E-state index contributed by atoms with van der Waals surface area (Å²) >= 11 is 11.8. The fourth-order valence-electron chi connectivity index (χ4n) is 1.93. The van der Waals surface area contributed by atoms with E-state index in [2.05, 4.69) is 0 Å². The molecule has 24 heavy (non-hydrogen) atoms. The number of rotatable bonds is 6. The summed E-state index contributed by atoms with van der Waals surface area (Å²) in [7, 11) is 1.56. The van der Waals surface area contributed by atoms with E-state index in [0.717, 1.165) is 5.56 Å². The lowest BCUT2D eigenvalue weighted by Crippen LogP contribution is -2.04. The van der Waals surface area contributed by atoms with Gasteiger partial charge in [0.1, 0.15) is 5.75 Å². The van der Waals surface area contributed by atoms with Crippen LogP contribution in [0.25, 0.3) is 6.08 Å². The molecule has 0 radical (unpaired) electrons. The van der Waals surface area contributed by atoms with Gasteiger partial charge in [0.25, 0.3) is 0 Å². The van der Waals surface area contributed by atoms with E-state index in [1.807, 2.05) is 13.0 Å². The predicted molar refractivity (Wildman–Crippen MR) is 95.3 cm³/mol. The molecule has 126 valence electrons. The molecule has 0 N–H and O–H groups in total. The number of carbonyl (C=O) groups excluding carboxylic acids is 1. The lowest BCUT2D eigenvalue weighted by molar-refractivity contribution is -0.128. The Morgan fingerprint density at radius 1 is 1.08 bits per heavy atom. The van der Waals surface area contributed by atoms with Gasteiger partial charge in [0.2, 0.25) is 0 Å². The van der Waals surface area contributed by atoms with Crippen molar-refractivity contribution in [2.45, 2.75) is 6.92 Å². The van der Waals surface area contributed by atoms with Gasteiger partial charge >= 0.3 is 5.97 Å². The van der Waals surface area contributed by atoms with E-state index in [-0.39, 0.29) is 10.8 Å². The van der Waals surface area contributed by atoms with E-state index in [9.17, 15) is 4.79 Å². The van der Waals surface area contributed by atoms with Gasteiger partial charge < -0.3 is 14.2 Å². The van der Waals surface area contributed by atoms with Gasteiger partial charge in [-0.3, -0.25) is 0 Å². The van der Waals surface area contributed by atoms with Gasteiger partial charge in [0, 0.05) is 11.1 Å². The molecule has 4 nitrogen and oxygen atoms in total. The number of halogens is 2. The topological polar surface area (TPSA) is 44.8 Å². The third kappa shape index (κ3) is 4.91. The zero-order valence-electron chi connectivity index (χ0n) is 13.2. The van der Waals surface area contributed by atoms with Crippen LogP contribution in [-0.2, 0) is 4.79 Å². The van der Waals surface area contributed by atoms with Gasteiger partial charge in [-0.2, -0.15) is 0 Å². The summed E-state index contributed by atoms with van der Waals surface area (Å²) in [5.41, 5.74) is 0.773. The summed E-state index contributed by atoms with van der Waals surface area (Å²) in [6.45, 7) is 2.44. The minimum atomic E-state index is -0.549. The lowest BCUT2D eigenvalue weighted by atomic mass is 10.2. The van der Waals surface area contributed by atoms with Gasteiger partial charge in [0.05, 0.1) is 18.7 Å². The van der Waals surface area contributed by atoms with Crippen molar-refractivity contribution in [1.29, 1.82) is 0 Å². The molecule has 0 aliphatic rings. The summed E-state index contributed by atoms with van der Waals surface area (Å²) in [5.74, 6) is 0.938. The van der Waals surface area contributed by atoms with Crippen LogP contribution in [0.15, 0.2) is 42.5 Å². The molecule has 0 heterocycles. The van der Waals surface area contributed by atoms with Gasteiger partial charge in [-0.1, -0.05) is 29.3 Å². The van der Waals surface area contributed by atoms with Crippen molar-refractivity contribution >= 4 is 35.2 Å². The molecule has 2 aromatic rings. The second-order valence-corrected chi connectivity index (χ2v) is 5.52. The SMILES string of the molecule is CCOc1ccc(/C=C/C(=O)Oc2ccc(Cl)cc2Cl)cc1OC. The number of ether oxygens (including phenoxy) is 3. The second-order valence-electron chi connectivity index (χ2n) is 4.67. The monoisotopic (exact) mass is 366 g/mol. The first kappa shape index (κ1) is 18.2. The van der Waals surface area contributed by atoms with Crippen LogP contribution in [0.2, 0.25) is 10.0 Å². The molecular weight excluding hydrogens is 351 g/mol. The highest BCUT2D eigenvalue weighted by atomic mass is 35.5. The Labute approximate surface area is 150 Å². The molecule has 0 aliphatic heterocycles. The summed E-state index contributed by atoms with van der Waals surface area (Å²) in [6, 6.07) is 10.0. The molecule has 0 unspecified atom stereocenters. The maximum absolute atomic E-state index is 11.9. The van der Waals surface area contributed by atoms with Crippen LogP contribution in [0.1, 0.15) is 12.5 Å². The molecule has 0 spiro atoms. The van der Waals surface area contributed by atoms with Crippen LogP contribution >= 0.6 is 23.2 Å². The fourth-order valence-corrected chi connectivity index (χ4v) is 2.37. The number of hydrogen-bond acceptors (Lipinski definition) is 4. The molecule has 0 atom stereocenters. The highest BCUT2D eigenvalue weighted by Crippen LogP contribution is 2.29. The average Bonchev–Trinajstić information content (AvgIpc) is 2.56. The van der Waals surface area contributed by atoms with Crippen LogP contribution in [0, 0.1) is 0 Å². The van der Waals surface area contributed by atoms with Crippen molar-refractivity contribution in [3.05, 3.63) is 58.1 Å². The van der Waals surface area contributed by atoms with Crippen LogP contribution < -0.4 is 14.2 Å². The molecule has 0 fully saturated rings. The zero-order valence-corrected chi connectivity index (χ0v) is 14.7. The Balaban J connectivity index is 2.08. The first-order chi connectivity index (χ1) is 11.5. The van der Waals surface area contributed by atoms with E-state index in [1.54, 1.807) is 31.4 Å². The molecule has 2 aromatic carbocycles. The molecule has 0 aromatic heterocycles. The Morgan fingerprint density at radius 3 is 2.50 bits per heavy atom. The molecule has 0 saturated heterocycles. The highest BCUT2D eigenvalue weighted by Gasteiger charge is 2.07. The van der Waals surface area contributed by atoms with E-state index in [4.69, 9.17) is 37.4 Å². The zero-order chi connectivity index (χ0) is 17.5. The standard InChI is InChI=1S/C18H16Cl2O4/c1-3-23-16-7-4-12(10-17(16)22-2)5-9-18(21)24-15-8-6-13(19)11-14(15)20/h4-11H,3H2,1-2H3/b9-5+. The first-order valence-corrected chi connectivity index (χ1v) is 7.95. The molecule has 0 aliphatic carbocycles. The van der Waals surface area contributed by atoms with Gasteiger partial charge in [-0.25, -0.2) is 4.79 Å². The Hall–Kier alpha value is -2.17. The van der Waals surface area contributed by atoms with Crippen LogP contribution in [0.3, 0.4) is 0 Å². The molecule has 2 rings (SSSR count). The highest BCUT2D eigenvalue weighted by molar-refractivity contribution is 6.35.